The topological polar surface area (TPSA) is 84.2 Å². The SMILES string of the molecule is CCCc1nc2cccc(C(=O)O)c2n1CCNC(C)=O. The Hall–Kier alpha value is -2.37. The summed E-state index contributed by atoms with van der Waals surface area (Å²) in [5, 5.41) is 12.1. The number of aromatic carboxylic acids is 1. The van der Waals surface area contributed by atoms with Gasteiger partial charge in [-0.1, -0.05) is 13.0 Å². The van der Waals surface area contributed by atoms with Gasteiger partial charge in [0.15, 0.2) is 0 Å². The number of aryl methyl sites for hydroxylation is 1. The zero-order valence-corrected chi connectivity index (χ0v) is 12.2. The molecule has 21 heavy (non-hydrogen) atoms. The fraction of sp³-hybridized carbons (Fsp3) is 0.400. The Labute approximate surface area is 122 Å². The minimum Gasteiger partial charge on any atom is -0.478 e. The second kappa shape index (κ2) is 6.39. The van der Waals surface area contributed by atoms with Crippen molar-refractivity contribution >= 4 is 22.9 Å². The van der Waals surface area contributed by atoms with Gasteiger partial charge in [0.1, 0.15) is 5.82 Å². The number of amides is 1. The molecule has 2 rings (SSSR count). The quantitative estimate of drug-likeness (QED) is 0.849. The maximum atomic E-state index is 11.4. The molecule has 6 heteroatoms. The number of nitrogens with zero attached hydrogens (tertiary/aromatic N) is 2. The highest BCUT2D eigenvalue weighted by molar-refractivity contribution is 6.01. The van der Waals surface area contributed by atoms with Crippen LogP contribution in [0.25, 0.3) is 11.0 Å². The number of fused-ring (bicyclic) bond motifs is 1. The normalized spacial score (nSPS) is 10.8. The Morgan fingerprint density at radius 1 is 1.38 bits per heavy atom. The number of hydrogen-bond donors (Lipinski definition) is 2. The van der Waals surface area contributed by atoms with Crippen molar-refractivity contribution in [1.82, 2.24) is 14.9 Å². The third-order valence-electron chi connectivity index (χ3n) is 3.26. The standard InChI is InChI=1S/C15H19N3O3/c1-3-5-13-17-12-7-4-6-11(15(20)21)14(12)18(13)9-8-16-10(2)19/h4,6-7H,3,5,8-9H2,1-2H3,(H,16,19)(H,20,21). The van der Waals surface area contributed by atoms with Crippen molar-refractivity contribution in [2.45, 2.75) is 33.2 Å². The maximum absolute atomic E-state index is 11.4. The molecule has 1 aromatic heterocycles. The molecule has 0 atom stereocenters. The number of carbonyl (C=O) groups is 2. The number of carbonyl (C=O) groups excluding carboxylic acids is 1. The molecule has 0 unspecified atom stereocenters. The Balaban J connectivity index is 2.48. The zero-order chi connectivity index (χ0) is 15.4. The van der Waals surface area contributed by atoms with Gasteiger partial charge in [0.05, 0.1) is 16.6 Å². The molecule has 1 heterocycles. The molecule has 0 aliphatic carbocycles. The molecule has 1 aromatic carbocycles. The van der Waals surface area contributed by atoms with Gasteiger partial charge in [-0.2, -0.15) is 0 Å². The fourth-order valence-corrected chi connectivity index (χ4v) is 2.41. The minimum atomic E-state index is -0.968. The summed E-state index contributed by atoms with van der Waals surface area (Å²) in [6, 6.07) is 5.10. The maximum Gasteiger partial charge on any atom is 0.337 e. The van der Waals surface area contributed by atoms with Crippen LogP contribution in [0.2, 0.25) is 0 Å². The van der Waals surface area contributed by atoms with Crippen molar-refractivity contribution < 1.29 is 14.7 Å². The van der Waals surface area contributed by atoms with Gasteiger partial charge < -0.3 is 15.0 Å². The van der Waals surface area contributed by atoms with E-state index in [1.165, 1.54) is 6.92 Å². The van der Waals surface area contributed by atoms with Crippen LogP contribution in [0.3, 0.4) is 0 Å². The van der Waals surface area contributed by atoms with Gasteiger partial charge in [-0.25, -0.2) is 9.78 Å². The summed E-state index contributed by atoms with van der Waals surface area (Å²) < 4.78 is 1.90. The molecular formula is C15H19N3O3. The molecule has 0 aliphatic rings. The van der Waals surface area contributed by atoms with Gasteiger partial charge >= 0.3 is 5.97 Å². The van der Waals surface area contributed by atoms with Crippen LogP contribution < -0.4 is 5.32 Å². The van der Waals surface area contributed by atoms with Crippen molar-refractivity contribution in [3.8, 4) is 0 Å². The number of aromatic nitrogens is 2. The summed E-state index contributed by atoms with van der Waals surface area (Å²) in [4.78, 5) is 26.9. The number of carboxylic acid groups (broad SMARTS) is 1. The van der Waals surface area contributed by atoms with Gasteiger partial charge in [0.25, 0.3) is 0 Å². The van der Waals surface area contributed by atoms with Crippen LogP contribution in [-0.2, 0) is 17.8 Å². The van der Waals surface area contributed by atoms with E-state index in [-0.39, 0.29) is 11.5 Å². The van der Waals surface area contributed by atoms with E-state index >= 15 is 0 Å². The van der Waals surface area contributed by atoms with Crippen LogP contribution in [0.1, 0.15) is 36.5 Å². The summed E-state index contributed by atoms with van der Waals surface area (Å²) in [7, 11) is 0. The first-order valence-electron chi connectivity index (χ1n) is 7.00. The van der Waals surface area contributed by atoms with Crippen LogP contribution in [0.15, 0.2) is 18.2 Å². The summed E-state index contributed by atoms with van der Waals surface area (Å²) >= 11 is 0. The van der Waals surface area contributed by atoms with Gasteiger partial charge in [-0.05, 0) is 18.6 Å². The smallest absolute Gasteiger partial charge is 0.337 e. The summed E-state index contributed by atoms with van der Waals surface area (Å²) in [5.74, 6) is -0.217. The average Bonchev–Trinajstić information content (AvgIpc) is 2.76. The number of imidazole rings is 1. The van der Waals surface area contributed by atoms with Crippen molar-refractivity contribution in [1.29, 1.82) is 0 Å². The lowest BCUT2D eigenvalue weighted by molar-refractivity contribution is -0.118. The third kappa shape index (κ3) is 3.21. The average molecular weight is 289 g/mol. The molecule has 0 saturated heterocycles. The van der Waals surface area contributed by atoms with Crippen molar-refractivity contribution in [3.05, 3.63) is 29.6 Å². The Morgan fingerprint density at radius 2 is 2.14 bits per heavy atom. The van der Waals surface area contributed by atoms with Crippen molar-refractivity contribution in [2.24, 2.45) is 0 Å². The highest BCUT2D eigenvalue weighted by Gasteiger charge is 2.17. The molecule has 2 N–H and O–H groups in total. The number of rotatable bonds is 6. The van der Waals surface area contributed by atoms with Gasteiger partial charge in [0, 0.05) is 26.4 Å². The van der Waals surface area contributed by atoms with E-state index in [0.29, 0.717) is 24.1 Å². The number of nitrogens with one attached hydrogen (secondary N) is 1. The third-order valence-corrected chi connectivity index (χ3v) is 3.26. The molecule has 0 radical (unpaired) electrons. The molecule has 1 amide bonds. The molecule has 0 saturated carbocycles. The highest BCUT2D eigenvalue weighted by atomic mass is 16.4. The summed E-state index contributed by atoms with van der Waals surface area (Å²) in [6.45, 7) is 4.47. The van der Waals surface area contributed by atoms with Gasteiger partial charge in [-0.3, -0.25) is 4.79 Å². The second-order valence-corrected chi connectivity index (χ2v) is 4.89. The van der Waals surface area contributed by atoms with E-state index in [9.17, 15) is 14.7 Å². The second-order valence-electron chi connectivity index (χ2n) is 4.89. The van der Waals surface area contributed by atoms with Crippen LogP contribution >= 0.6 is 0 Å². The monoisotopic (exact) mass is 289 g/mol. The fourth-order valence-electron chi connectivity index (χ4n) is 2.41. The Bertz CT molecular complexity index is 676. The molecule has 0 bridgehead atoms. The van der Waals surface area contributed by atoms with E-state index in [4.69, 9.17) is 0 Å². The summed E-state index contributed by atoms with van der Waals surface area (Å²) in [6.07, 6.45) is 1.69. The largest absolute Gasteiger partial charge is 0.478 e. The lowest BCUT2D eigenvalue weighted by Gasteiger charge is -2.10. The minimum absolute atomic E-state index is 0.102. The van der Waals surface area contributed by atoms with Crippen LogP contribution in [0.5, 0.6) is 0 Å². The first-order valence-corrected chi connectivity index (χ1v) is 7.00. The van der Waals surface area contributed by atoms with Crippen LogP contribution in [-0.4, -0.2) is 33.1 Å². The Morgan fingerprint density at radius 3 is 2.76 bits per heavy atom. The Kier molecular flexibility index (Phi) is 4.57. The van der Waals surface area contributed by atoms with Crippen LogP contribution in [0, 0.1) is 0 Å². The van der Waals surface area contributed by atoms with Crippen LogP contribution in [0.4, 0.5) is 0 Å². The molecule has 0 aliphatic heterocycles. The van der Waals surface area contributed by atoms with E-state index in [1.807, 2.05) is 10.6 Å². The lowest BCUT2D eigenvalue weighted by atomic mass is 10.2. The lowest BCUT2D eigenvalue weighted by Crippen LogP contribution is -2.25. The van der Waals surface area contributed by atoms with E-state index in [0.717, 1.165) is 18.7 Å². The molecule has 2 aromatic rings. The predicted molar refractivity (Wildman–Crippen MR) is 79.4 cm³/mol. The van der Waals surface area contributed by atoms with Gasteiger partial charge in [0.2, 0.25) is 5.91 Å². The van der Waals surface area contributed by atoms with Crippen molar-refractivity contribution in [3.63, 3.8) is 0 Å². The molecule has 112 valence electrons. The predicted octanol–water partition coefficient (Wildman–Crippen LogP) is 1.82. The first-order chi connectivity index (χ1) is 10.0. The molecular weight excluding hydrogens is 270 g/mol. The number of hydrogen-bond acceptors (Lipinski definition) is 3. The number of para-hydroxylation sites is 1. The molecule has 6 nitrogen and oxygen atoms in total. The summed E-state index contributed by atoms with van der Waals surface area (Å²) in [5.41, 5.74) is 1.55. The molecule has 0 fully saturated rings. The highest BCUT2D eigenvalue weighted by Crippen LogP contribution is 2.21. The van der Waals surface area contributed by atoms with Crippen molar-refractivity contribution in [2.75, 3.05) is 6.54 Å². The first kappa shape index (κ1) is 15.0. The van der Waals surface area contributed by atoms with Gasteiger partial charge in [-0.15, -0.1) is 0 Å². The van der Waals surface area contributed by atoms with E-state index < -0.39 is 5.97 Å². The zero-order valence-electron chi connectivity index (χ0n) is 12.2. The van der Waals surface area contributed by atoms with E-state index in [1.54, 1.807) is 12.1 Å². The number of benzene rings is 1. The van der Waals surface area contributed by atoms with E-state index in [2.05, 4.69) is 17.2 Å². The number of carboxylic acids is 1. The molecule has 0 spiro atoms.